The Bertz CT molecular complexity index is 426. The van der Waals surface area contributed by atoms with E-state index in [2.05, 4.69) is 10.3 Å². The van der Waals surface area contributed by atoms with Gasteiger partial charge in [0, 0.05) is 26.2 Å². The molecular weight excluding hydrogens is 266 g/mol. The van der Waals surface area contributed by atoms with Crippen molar-refractivity contribution in [2.45, 2.75) is 20.3 Å². The van der Waals surface area contributed by atoms with Crippen LogP contribution in [0.15, 0.2) is 12.1 Å². The number of amides is 1. The Morgan fingerprint density at radius 1 is 1.47 bits per heavy atom. The third kappa shape index (κ3) is 4.36. The number of carbonyl (C=O) groups excluding carboxylic acids is 1. The van der Waals surface area contributed by atoms with Crippen molar-refractivity contribution in [2.24, 2.45) is 0 Å². The summed E-state index contributed by atoms with van der Waals surface area (Å²) in [7, 11) is 0. The van der Waals surface area contributed by atoms with Crippen LogP contribution in [0.25, 0.3) is 0 Å². The predicted molar refractivity (Wildman–Crippen MR) is 76.7 cm³/mol. The minimum Gasteiger partial charge on any atom is -0.396 e. The maximum Gasteiger partial charge on any atom is 0.274 e. The first-order valence-electron chi connectivity index (χ1n) is 6.44. The van der Waals surface area contributed by atoms with Crippen LogP contribution < -0.4 is 5.32 Å². The number of pyridine rings is 1. The second kappa shape index (κ2) is 7.96. The highest BCUT2D eigenvalue weighted by Crippen LogP contribution is 2.18. The van der Waals surface area contributed by atoms with Gasteiger partial charge in [0.05, 0.1) is 5.02 Å². The molecule has 0 atom stereocenters. The van der Waals surface area contributed by atoms with E-state index < -0.39 is 0 Å². The SMILES string of the molecule is CCNc1ccc(Cl)c(C(=O)N(CC)CCCO)n1. The van der Waals surface area contributed by atoms with Gasteiger partial charge in [-0.3, -0.25) is 4.79 Å². The average Bonchev–Trinajstić information content (AvgIpc) is 2.42. The number of hydrogen-bond acceptors (Lipinski definition) is 4. The molecule has 0 aromatic carbocycles. The van der Waals surface area contributed by atoms with E-state index in [1.165, 1.54) is 0 Å². The summed E-state index contributed by atoms with van der Waals surface area (Å²) in [6, 6.07) is 3.41. The molecule has 0 unspecified atom stereocenters. The van der Waals surface area contributed by atoms with Crippen molar-refractivity contribution in [2.75, 3.05) is 31.6 Å². The minimum atomic E-state index is -0.208. The summed E-state index contributed by atoms with van der Waals surface area (Å²) in [6.07, 6.45) is 0.546. The molecule has 0 saturated carbocycles. The average molecular weight is 286 g/mol. The van der Waals surface area contributed by atoms with Crippen LogP contribution in [-0.2, 0) is 0 Å². The lowest BCUT2D eigenvalue weighted by molar-refractivity contribution is 0.0748. The standard InChI is InChI=1S/C13H20ClN3O2/c1-3-15-11-7-6-10(14)12(16-11)13(19)17(4-2)8-5-9-18/h6-7,18H,3-5,8-9H2,1-2H3,(H,15,16). The zero-order valence-corrected chi connectivity index (χ0v) is 12.1. The highest BCUT2D eigenvalue weighted by Gasteiger charge is 2.18. The van der Waals surface area contributed by atoms with Gasteiger partial charge in [-0.1, -0.05) is 11.6 Å². The van der Waals surface area contributed by atoms with Crippen molar-refractivity contribution in [3.8, 4) is 0 Å². The molecule has 0 aliphatic heterocycles. The van der Waals surface area contributed by atoms with Gasteiger partial charge >= 0.3 is 0 Å². The molecule has 1 rings (SSSR count). The van der Waals surface area contributed by atoms with Gasteiger partial charge in [-0.2, -0.15) is 0 Å². The number of carbonyl (C=O) groups is 1. The topological polar surface area (TPSA) is 65.5 Å². The van der Waals surface area contributed by atoms with Crippen LogP contribution in [0, 0.1) is 0 Å². The maximum atomic E-state index is 12.3. The lowest BCUT2D eigenvalue weighted by atomic mass is 10.3. The van der Waals surface area contributed by atoms with Gasteiger partial charge in [-0.15, -0.1) is 0 Å². The lowest BCUT2D eigenvalue weighted by Crippen LogP contribution is -2.33. The van der Waals surface area contributed by atoms with E-state index in [9.17, 15) is 4.79 Å². The van der Waals surface area contributed by atoms with Gasteiger partial charge in [-0.25, -0.2) is 4.98 Å². The van der Waals surface area contributed by atoms with Crippen LogP contribution in [-0.4, -0.2) is 47.1 Å². The molecule has 19 heavy (non-hydrogen) atoms. The molecule has 6 heteroatoms. The van der Waals surface area contributed by atoms with Crippen molar-refractivity contribution >= 4 is 23.3 Å². The first-order chi connectivity index (χ1) is 9.13. The number of aliphatic hydroxyl groups is 1. The molecule has 0 aliphatic carbocycles. The first kappa shape index (κ1) is 15.7. The molecule has 106 valence electrons. The van der Waals surface area contributed by atoms with Gasteiger partial charge in [0.1, 0.15) is 11.5 Å². The number of aliphatic hydroxyl groups excluding tert-OH is 1. The lowest BCUT2D eigenvalue weighted by Gasteiger charge is -2.20. The Balaban J connectivity index is 2.92. The largest absolute Gasteiger partial charge is 0.396 e. The number of aromatic nitrogens is 1. The van der Waals surface area contributed by atoms with Crippen molar-refractivity contribution in [1.29, 1.82) is 0 Å². The second-order valence-electron chi connectivity index (χ2n) is 4.02. The fourth-order valence-corrected chi connectivity index (χ4v) is 1.87. The molecule has 0 radical (unpaired) electrons. The van der Waals surface area contributed by atoms with Crippen molar-refractivity contribution in [3.05, 3.63) is 22.8 Å². The third-order valence-corrected chi connectivity index (χ3v) is 2.97. The number of nitrogens with zero attached hydrogens (tertiary/aromatic N) is 2. The molecule has 0 aliphatic rings. The molecule has 0 bridgehead atoms. The summed E-state index contributed by atoms with van der Waals surface area (Å²) in [5.74, 6) is 0.425. The van der Waals surface area contributed by atoms with Gasteiger partial charge in [0.2, 0.25) is 0 Å². The molecule has 0 spiro atoms. The highest BCUT2D eigenvalue weighted by atomic mass is 35.5. The van der Waals surface area contributed by atoms with Crippen LogP contribution in [0.3, 0.4) is 0 Å². The number of anilines is 1. The Kier molecular flexibility index (Phi) is 6.59. The minimum absolute atomic E-state index is 0.0579. The number of halogens is 1. The maximum absolute atomic E-state index is 12.3. The highest BCUT2D eigenvalue weighted by molar-refractivity contribution is 6.33. The van der Waals surface area contributed by atoms with E-state index in [1.807, 2.05) is 13.8 Å². The summed E-state index contributed by atoms with van der Waals surface area (Å²) >= 11 is 6.04. The molecular formula is C13H20ClN3O2. The molecule has 1 aromatic rings. The Hall–Kier alpha value is -1.33. The van der Waals surface area contributed by atoms with E-state index >= 15 is 0 Å². The molecule has 0 fully saturated rings. The van der Waals surface area contributed by atoms with E-state index in [0.717, 1.165) is 6.54 Å². The van der Waals surface area contributed by atoms with Crippen LogP contribution in [0.4, 0.5) is 5.82 Å². The third-order valence-electron chi connectivity index (χ3n) is 2.66. The van der Waals surface area contributed by atoms with Crippen molar-refractivity contribution < 1.29 is 9.90 Å². The van der Waals surface area contributed by atoms with Crippen LogP contribution in [0.5, 0.6) is 0 Å². The number of nitrogens with one attached hydrogen (secondary N) is 1. The number of rotatable bonds is 7. The van der Waals surface area contributed by atoms with E-state index in [-0.39, 0.29) is 18.2 Å². The second-order valence-corrected chi connectivity index (χ2v) is 4.43. The summed E-state index contributed by atoms with van der Waals surface area (Å²) in [4.78, 5) is 18.2. The Labute approximate surface area is 118 Å². The first-order valence-corrected chi connectivity index (χ1v) is 6.82. The van der Waals surface area contributed by atoms with Gasteiger partial charge in [-0.05, 0) is 32.4 Å². The van der Waals surface area contributed by atoms with Gasteiger partial charge < -0.3 is 15.3 Å². The van der Waals surface area contributed by atoms with E-state index in [1.54, 1.807) is 17.0 Å². The summed E-state index contributed by atoms with van der Waals surface area (Å²) in [5, 5.41) is 12.2. The van der Waals surface area contributed by atoms with Crippen LogP contribution in [0.2, 0.25) is 5.02 Å². The summed E-state index contributed by atoms with van der Waals surface area (Å²) in [6.45, 7) is 5.68. The summed E-state index contributed by atoms with van der Waals surface area (Å²) < 4.78 is 0. The molecule has 1 aromatic heterocycles. The Morgan fingerprint density at radius 2 is 2.21 bits per heavy atom. The fraction of sp³-hybridized carbons (Fsp3) is 0.538. The monoisotopic (exact) mass is 285 g/mol. The molecule has 1 heterocycles. The number of hydrogen-bond donors (Lipinski definition) is 2. The van der Waals surface area contributed by atoms with Crippen molar-refractivity contribution in [3.63, 3.8) is 0 Å². The molecule has 1 amide bonds. The fourth-order valence-electron chi connectivity index (χ4n) is 1.69. The quantitative estimate of drug-likeness (QED) is 0.804. The van der Waals surface area contributed by atoms with Gasteiger partial charge in [0.25, 0.3) is 5.91 Å². The van der Waals surface area contributed by atoms with E-state index in [0.29, 0.717) is 30.4 Å². The predicted octanol–water partition coefficient (Wildman–Crippen LogP) is 2.01. The van der Waals surface area contributed by atoms with Gasteiger partial charge in [0.15, 0.2) is 0 Å². The summed E-state index contributed by atoms with van der Waals surface area (Å²) in [5.41, 5.74) is 0.250. The molecule has 2 N–H and O–H groups in total. The van der Waals surface area contributed by atoms with Crippen molar-refractivity contribution in [1.82, 2.24) is 9.88 Å². The zero-order chi connectivity index (χ0) is 14.3. The van der Waals surface area contributed by atoms with E-state index in [4.69, 9.17) is 16.7 Å². The van der Waals surface area contributed by atoms with Crippen LogP contribution in [0.1, 0.15) is 30.8 Å². The molecule has 0 saturated heterocycles. The molecule has 5 nitrogen and oxygen atoms in total. The normalized spacial score (nSPS) is 10.3. The zero-order valence-electron chi connectivity index (χ0n) is 11.3. The Morgan fingerprint density at radius 3 is 2.79 bits per heavy atom. The smallest absolute Gasteiger partial charge is 0.274 e. The van der Waals surface area contributed by atoms with Crippen LogP contribution >= 0.6 is 11.6 Å².